The van der Waals surface area contributed by atoms with Gasteiger partial charge in [-0.3, -0.25) is 4.79 Å². The molecule has 0 radical (unpaired) electrons. The lowest BCUT2D eigenvalue weighted by Gasteiger charge is -2.09. The third-order valence-corrected chi connectivity index (χ3v) is 3.49. The van der Waals surface area contributed by atoms with E-state index in [-0.39, 0.29) is 0 Å². The lowest BCUT2D eigenvalue weighted by Crippen LogP contribution is -2.33. The van der Waals surface area contributed by atoms with E-state index in [9.17, 15) is 4.79 Å². The molecular weight excluding hydrogens is 254 g/mol. The van der Waals surface area contributed by atoms with Gasteiger partial charge >= 0.3 is 5.97 Å². The van der Waals surface area contributed by atoms with Crippen molar-refractivity contribution in [1.29, 1.82) is 0 Å². The number of para-hydroxylation sites is 1. The highest BCUT2D eigenvalue weighted by atomic mass is 16.4. The molecule has 1 aromatic carbocycles. The van der Waals surface area contributed by atoms with Crippen LogP contribution in [0, 0.1) is 0 Å². The van der Waals surface area contributed by atoms with Crippen molar-refractivity contribution in [2.45, 2.75) is 45.7 Å². The zero-order valence-corrected chi connectivity index (χ0v) is 12.0. The summed E-state index contributed by atoms with van der Waals surface area (Å²) in [6.45, 7) is 4.31. The van der Waals surface area contributed by atoms with Crippen molar-refractivity contribution in [3.63, 3.8) is 0 Å². The number of aryl methyl sites for hydroxylation is 1. The van der Waals surface area contributed by atoms with Crippen molar-refractivity contribution >= 4 is 16.9 Å². The number of aliphatic carboxylic acids is 1. The maximum atomic E-state index is 10.9. The van der Waals surface area contributed by atoms with Crippen LogP contribution < -0.4 is 5.32 Å². The highest BCUT2D eigenvalue weighted by molar-refractivity contribution is 5.82. The second-order valence-electron chi connectivity index (χ2n) is 5.04. The van der Waals surface area contributed by atoms with E-state index < -0.39 is 12.0 Å². The molecule has 0 spiro atoms. The number of carboxylic acids is 1. The Morgan fingerprint density at radius 3 is 2.85 bits per heavy atom. The van der Waals surface area contributed by atoms with Crippen molar-refractivity contribution in [2.75, 3.05) is 0 Å². The number of unbranched alkanes of at least 4 members (excludes halogenated alkanes) is 1. The monoisotopic (exact) mass is 275 g/mol. The van der Waals surface area contributed by atoms with Gasteiger partial charge in [-0.2, -0.15) is 0 Å². The number of fused-ring (bicyclic) bond motifs is 1. The molecule has 1 unspecified atom stereocenters. The average Bonchev–Trinajstić information content (AvgIpc) is 2.80. The maximum Gasteiger partial charge on any atom is 0.320 e. The van der Waals surface area contributed by atoms with Gasteiger partial charge in [-0.05, 0) is 19.4 Å². The normalized spacial score (nSPS) is 12.7. The molecule has 4 nitrogen and oxygen atoms in total. The second-order valence-corrected chi connectivity index (χ2v) is 5.04. The molecular formula is C16H21NO3. The highest BCUT2D eigenvalue weighted by Crippen LogP contribution is 2.27. The lowest BCUT2D eigenvalue weighted by molar-refractivity contribution is -0.139. The number of furan rings is 1. The first-order valence-electron chi connectivity index (χ1n) is 7.09. The molecule has 0 aliphatic heterocycles. The van der Waals surface area contributed by atoms with Crippen molar-refractivity contribution in [3.8, 4) is 0 Å². The fourth-order valence-corrected chi connectivity index (χ4v) is 2.23. The summed E-state index contributed by atoms with van der Waals surface area (Å²) in [7, 11) is 0. The topological polar surface area (TPSA) is 62.5 Å². The average molecular weight is 275 g/mol. The van der Waals surface area contributed by atoms with Crippen LogP contribution >= 0.6 is 0 Å². The Labute approximate surface area is 118 Å². The number of hydrogen-bond acceptors (Lipinski definition) is 3. The number of hydrogen-bond donors (Lipinski definition) is 2. The maximum absolute atomic E-state index is 10.9. The highest BCUT2D eigenvalue weighted by Gasteiger charge is 2.16. The first-order valence-corrected chi connectivity index (χ1v) is 7.09. The van der Waals surface area contributed by atoms with Crippen LogP contribution in [0.2, 0.25) is 0 Å². The molecule has 2 N–H and O–H groups in total. The number of nitrogens with one attached hydrogen (secondary N) is 1. The van der Waals surface area contributed by atoms with Crippen molar-refractivity contribution < 1.29 is 14.3 Å². The van der Waals surface area contributed by atoms with Gasteiger partial charge in [0.2, 0.25) is 0 Å². The summed E-state index contributed by atoms with van der Waals surface area (Å²) >= 11 is 0. The molecule has 0 aliphatic rings. The van der Waals surface area contributed by atoms with Gasteiger partial charge in [0.15, 0.2) is 0 Å². The number of carboxylic acid groups (broad SMARTS) is 1. The smallest absolute Gasteiger partial charge is 0.320 e. The van der Waals surface area contributed by atoms with Gasteiger partial charge in [-0.15, -0.1) is 0 Å². The van der Waals surface area contributed by atoms with Gasteiger partial charge < -0.3 is 14.8 Å². The summed E-state index contributed by atoms with van der Waals surface area (Å²) < 4.78 is 5.91. The molecule has 1 heterocycles. The van der Waals surface area contributed by atoms with E-state index in [1.54, 1.807) is 6.92 Å². The molecule has 0 aliphatic carbocycles. The molecule has 20 heavy (non-hydrogen) atoms. The first kappa shape index (κ1) is 14.6. The van der Waals surface area contributed by atoms with Crippen LogP contribution in [-0.2, 0) is 17.8 Å². The molecule has 2 rings (SSSR count). The summed E-state index contributed by atoms with van der Waals surface area (Å²) in [4.78, 5) is 10.9. The van der Waals surface area contributed by atoms with Crippen molar-refractivity contribution in [1.82, 2.24) is 5.32 Å². The molecule has 0 bridgehead atoms. The minimum atomic E-state index is -0.840. The van der Waals surface area contributed by atoms with Crippen molar-refractivity contribution in [3.05, 3.63) is 35.6 Å². The third kappa shape index (κ3) is 3.20. The number of benzene rings is 1. The van der Waals surface area contributed by atoms with Crippen LogP contribution in [0.3, 0.4) is 0 Å². The van der Waals surface area contributed by atoms with E-state index in [1.807, 2.05) is 24.3 Å². The van der Waals surface area contributed by atoms with Crippen LogP contribution in [0.1, 0.15) is 38.0 Å². The van der Waals surface area contributed by atoms with E-state index >= 15 is 0 Å². The van der Waals surface area contributed by atoms with Gasteiger partial charge in [0, 0.05) is 23.9 Å². The van der Waals surface area contributed by atoms with E-state index in [0.717, 1.165) is 41.6 Å². The van der Waals surface area contributed by atoms with E-state index in [1.165, 1.54) is 0 Å². The SMILES string of the molecule is CCCCc1oc2ccccc2c1CNC(C)C(=O)O. The second kappa shape index (κ2) is 6.57. The van der Waals surface area contributed by atoms with E-state index in [0.29, 0.717) is 6.54 Å². The van der Waals surface area contributed by atoms with Gasteiger partial charge in [0.05, 0.1) is 0 Å². The van der Waals surface area contributed by atoms with E-state index in [4.69, 9.17) is 9.52 Å². The molecule has 0 fully saturated rings. The summed E-state index contributed by atoms with van der Waals surface area (Å²) in [6, 6.07) is 7.34. The lowest BCUT2D eigenvalue weighted by atomic mass is 10.1. The molecule has 108 valence electrons. The van der Waals surface area contributed by atoms with Gasteiger partial charge in [0.25, 0.3) is 0 Å². The summed E-state index contributed by atoms with van der Waals surface area (Å²) in [5.74, 6) is 0.131. The van der Waals surface area contributed by atoms with Crippen LogP contribution in [0.5, 0.6) is 0 Å². The summed E-state index contributed by atoms with van der Waals surface area (Å²) in [6.07, 6.45) is 3.07. The Kier molecular flexibility index (Phi) is 4.79. The Morgan fingerprint density at radius 2 is 2.15 bits per heavy atom. The largest absolute Gasteiger partial charge is 0.480 e. The Balaban J connectivity index is 2.25. The van der Waals surface area contributed by atoms with Gasteiger partial charge in [0.1, 0.15) is 17.4 Å². The van der Waals surface area contributed by atoms with E-state index in [2.05, 4.69) is 12.2 Å². The molecule has 2 aromatic rings. The van der Waals surface area contributed by atoms with Crippen molar-refractivity contribution in [2.24, 2.45) is 0 Å². The molecule has 0 saturated heterocycles. The third-order valence-electron chi connectivity index (χ3n) is 3.49. The standard InChI is InChI=1S/C16H21NO3/c1-3-4-8-15-13(10-17-11(2)16(18)19)12-7-5-6-9-14(12)20-15/h5-7,9,11,17H,3-4,8,10H2,1-2H3,(H,18,19). The number of carbonyl (C=O) groups is 1. The molecule has 0 saturated carbocycles. The minimum absolute atomic E-state index is 0.517. The van der Waals surface area contributed by atoms with Crippen LogP contribution in [0.4, 0.5) is 0 Å². The molecule has 4 heteroatoms. The fourth-order valence-electron chi connectivity index (χ4n) is 2.23. The zero-order chi connectivity index (χ0) is 14.5. The van der Waals surface area contributed by atoms with Crippen LogP contribution in [0.25, 0.3) is 11.0 Å². The number of rotatable bonds is 7. The Morgan fingerprint density at radius 1 is 1.40 bits per heavy atom. The Bertz CT molecular complexity index is 588. The molecule has 0 amide bonds. The quantitative estimate of drug-likeness (QED) is 0.813. The molecule has 1 atom stereocenters. The predicted molar refractivity (Wildman–Crippen MR) is 78.8 cm³/mol. The predicted octanol–water partition coefficient (Wildman–Crippen LogP) is 3.34. The Hall–Kier alpha value is -1.81. The van der Waals surface area contributed by atoms with Crippen LogP contribution in [-0.4, -0.2) is 17.1 Å². The zero-order valence-electron chi connectivity index (χ0n) is 12.0. The fraction of sp³-hybridized carbons (Fsp3) is 0.438. The minimum Gasteiger partial charge on any atom is -0.480 e. The van der Waals surface area contributed by atoms with Crippen LogP contribution in [0.15, 0.2) is 28.7 Å². The van der Waals surface area contributed by atoms with Gasteiger partial charge in [-0.25, -0.2) is 0 Å². The first-order chi connectivity index (χ1) is 9.63. The summed E-state index contributed by atoms with van der Waals surface area (Å²) in [5, 5.41) is 13.1. The molecule has 1 aromatic heterocycles. The van der Waals surface area contributed by atoms with Gasteiger partial charge in [-0.1, -0.05) is 31.5 Å². The summed E-state index contributed by atoms with van der Waals surface area (Å²) in [5.41, 5.74) is 1.96.